The predicted octanol–water partition coefficient (Wildman–Crippen LogP) is 4.04. The lowest BCUT2D eigenvalue weighted by Gasteiger charge is -2.22. The van der Waals surface area contributed by atoms with Gasteiger partial charge in [0.2, 0.25) is 0 Å². The Morgan fingerprint density at radius 1 is 1.42 bits per heavy atom. The van der Waals surface area contributed by atoms with Gasteiger partial charge in [0.15, 0.2) is 6.10 Å². The molecule has 1 aromatic carbocycles. The Morgan fingerprint density at radius 3 is 2.79 bits per heavy atom. The molecule has 2 aromatic rings. The van der Waals surface area contributed by atoms with Crippen molar-refractivity contribution in [2.24, 2.45) is 5.73 Å². The molecule has 2 N–H and O–H groups in total. The normalized spacial score (nSPS) is 14.1. The fraction of sp³-hybridized carbons (Fsp3) is 0.286. The summed E-state index contributed by atoms with van der Waals surface area (Å²) in [5, 5.41) is 0. The van der Waals surface area contributed by atoms with Crippen LogP contribution in [0.15, 0.2) is 45.5 Å². The summed E-state index contributed by atoms with van der Waals surface area (Å²) < 4.78 is 25.0. The Labute approximate surface area is 119 Å². The van der Waals surface area contributed by atoms with E-state index >= 15 is 0 Å². The average molecular weight is 328 g/mol. The Morgan fingerprint density at radius 2 is 2.21 bits per heavy atom. The van der Waals surface area contributed by atoms with Crippen LogP contribution in [0.2, 0.25) is 0 Å². The lowest BCUT2D eigenvalue weighted by molar-refractivity contribution is 0.144. The van der Waals surface area contributed by atoms with Crippen molar-refractivity contribution in [2.75, 3.05) is 0 Å². The second kappa shape index (κ2) is 6.21. The molecule has 0 aliphatic rings. The van der Waals surface area contributed by atoms with Crippen molar-refractivity contribution in [3.8, 4) is 5.75 Å². The summed E-state index contributed by atoms with van der Waals surface area (Å²) >= 11 is 3.10. The van der Waals surface area contributed by atoms with Crippen LogP contribution in [0.1, 0.15) is 25.2 Å². The van der Waals surface area contributed by atoms with Gasteiger partial charge < -0.3 is 14.9 Å². The lowest BCUT2D eigenvalue weighted by atomic mass is 10.1. The third-order valence-electron chi connectivity index (χ3n) is 2.84. The molecule has 0 saturated carbocycles. The van der Waals surface area contributed by atoms with Crippen molar-refractivity contribution < 1.29 is 13.5 Å². The van der Waals surface area contributed by atoms with Gasteiger partial charge in [-0.15, -0.1) is 0 Å². The van der Waals surface area contributed by atoms with E-state index in [1.165, 1.54) is 6.07 Å². The van der Waals surface area contributed by atoms with Gasteiger partial charge in [0, 0.05) is 12.1 Å². The minimum Gasteiger partial charge on any atom is -0.481 e. The summed E-state index contributed by atoms with van der Waals surface area (Å²) in [5.74, 6) is 0.685. The first-order valence-electron chi connectivity index (χ1n) is 6.02. The summed E-state index contributed by atoms with van der Waals surface area (Å²) in [6, 6.07) is 7.96. The zero-order valence-corrected chi connectivity index (χ0v) is 12.1. The zero-order valence-electron chi connectivity index (χ0n) is 10.5. The maximum absolute atomic E-state index is 13.5. The first-order valence-corrected chi connectivity index (χ1v) is 6.81. The molecule has 1 aromatic heterocycles. The molecule has 0 aliphatic carbocycles. The van der Waals surface area contributed by atoms with Crippen LogP contribution in [0, 0.1) is 5.82 Å². The Hall–Kier alpha value is -1.33. The predicted molar refractivity (Wildman–Crippen MR) is 74.4 cm³/mol. The SMILES string of the molecule is CCC(N)C(Oc1ccc(Br)c(F)c1)c1ccco1. The molecule has 1 heterocycles. The zero-order chi connectivity index (χ0) is 13.8. The first kappa shape index (κ1) is 14.1. The van der Waals surface area contributed by atoms with Crippen molar-refractivity contribution >= 4 is 15.9 Å². The van der Waals surface area contributed by atoms with Gasteiger partial charge in [-0.3, -0.25) is 0 Å². The van der Waals surface area contributed by atoms with Crippen molar-refractivity contribution in [2.45, 2.75) is 25.5 Å². The molecule has 2 rings (SSSR count). The Balaban J connectivity index is 2.23. The lowest BCUT2D eigenvalue weighted by Crippen LogP contribution is -2.31. The van der Waals surface area contributed by atoms with Crippen LogP contribution in [0.3, 0.4) is 0 Å². The Bertz CT molecular complexity index is 530. The average Bonchev–Trinajstić information content (AvgIpc) is 2.93. The highest BCUT2D eigenvalue weighted by atomic mass is 79.9. The summed E-state index contributed by atoms with van der Waals surface area (Å²) in [6.07, 6.45) is 1.86. The van der Waals surface area contributed by atoms with Gasteiger partial charge in [-0.2, -0.15) is 0 Å². The summed E-state index contributed by atoms with van der Waals surface area (Å²) in [6.45, 7) is 1.96. The summed E-state index contributed by atoms with van der Waals surface area (Å²) in [5.41, 5.74) is 6.04. The largest absolute Gasteiger partial charge is 0.481 e. The van der Waals surface area contributed by atoms with Crippen molar-refractivity contribution in [1.29, 1.82) is 0 Å². The van der Waals surface area contributed by atoms with Gasteiger partial charge in [-0.05, 0) is 46.6 Å². The fourth-order valence-electron chi connectivity index (χ4n) is 1.72. The first-order chi connectivity index (χ1) is 9.11. The number of hydrogen-bond acceptors (Lipinski definition) is 3. The molecule has 0 bridgehead atoms. The smallest absolute Gasteiger partial charge is 0.171 e. The monoisotopic (exact) mass is 327 g/mol. The van der Waals surface area contributed by atoms with Crippen LogP contribution in [0.5, 0.6) is 5.75 Å². The van der Waals surface area contributed by atoms with Crippen molar-refractivity contribution in [1.82, 2.24) is 0 Å². The van der Waals surface area contributed by atoms with E-state index in [-0.39, 0.29) is 11.9 Å². The quantitative estimate of drug-likeness (QED) is 0.901. The van der Waals surface area contributed by atoms with Crippen LogP contribution in [0.4, 0.5) is 4.39 Å². The van der Waals surface area contributed by atoms with E-state index in [1.54, 1.807) is 30.5 Å². The van der Waals surface area contributed by atoms with E-state index in [0.29, 0.717) is 16.0 Å². The van der Waals surface area contributed by atoms with Gasteiger partial charge in [-0.1, -0.05) is 6.92 Å². The Kier molecular flexibility index (Phi) is 4.61. The molecule has 2 atom stereocenters. The van der Waals surface area contributed by atoms with Gasteiger partial charge in [0.25, 0.3) is 0 Å². The second-order valence-corrected chi connectivity index (χ2v) is 5.06. The van der Waals surface area contributed by atoms with E-state index in [2.05, 4.69) is 15.9 Å². The standard InChI is InChI=1S/C14H15BrFNO2/c1-2-12(17)14(13-4-3-7-18-13)19-9-5-6-10(15)11(16)8-9/h3-8,12,14H,2,17H2,1H3. The maximum atomic E-state index is 13.5. The molecule has 0 spiro atoms. The third kappa shape index (κ3) is 3.36. The highest BCUT2D eigenvalue weighted by molar-refractivity contribution is 9.10. The number of rotatable bonds is 5. The van der Waals surface area contributed by atoms with E-state index in [1.807, 2.05) is 6.92 Å². The molecule has 0 amide bonds. The second-order valence-electron chi connectivity index (χ2n) is 4.20. The number of nitrogens with two attached hydrogens (primary N) is 1. The van der Waals surface area contributed by atoms with Crippen LogP contribution in [0.25, 0.3) is 0 Å². The van der Waals surface area contributed by atoms with Gasteiger partial charge >= 0.3 is 0 Å². The number of hydrogen-bond donors (Lipinski definition) is 1. The van der Waals surface area contributed by atoms with Crippen LogP contribution in [-0.4, -0.2) is 6.04 Å². The van der Waals surface area contributed by atoms with Crippen LogP contribution < -0.4 is 10.5 Å². The van der Waals surface area contributed by atoms with E-state index < -0.39 is 6.10 Å². The highest BCUT2D eigenvalue weighted by Gasteiger charge is 2.23. The summed E-state index contributed by atoms with van der Waals surface area (Å²) in [7, 11) is 0. The fourth-order valence-corrected chi connectivity index (χ4v) is 1.97. The van der Waals surface area contributed by atoms with Crippen LogP contribution in [-0.2, 0) is 0 Å². The van der Waals surface area contributed by atoms with Crippen LogP contribution >= 0.6 is 15.9 Å². The molecule has 0 saturated heterocycles. The van der Waals surface area contributed by atoms with E-state index in [4.69, 9.17) is 14.9 Å². The highest BCUT2D eigenvalue weighted by Crippen LogP contribution is 2.28. The molecule has 2 unspecified atom stereocenters. The minimum absolute atomic E-state index is 0.224. The number of benzene rings is 1. The van der Waals surface area contributed by atoms with E-state index in [9.17, 15) is 4.39 Å². The van der Waals surface area contributed by atoms with Crippen molar-refractivity contribution in [3.05, 3.63) is 52.6 Å². The number of furan rings is 1. The number of halogens is 2. The molecular weight excluding hydrogens is 313 g/mol. The number of ether oxygens (including phenoxy) is 1. The topological polar surface area (TPSA) is 48.4 Å². The molecule has 0 aliphatic heterocycles. The molecule has 3 nitrogen and oxygen atoms in total. The summed E-state index contributed by atoms with van der Waals surface area (Å²) in [4.78, 5) is 0. The molecular formula is C14H15BrFNO2. The van der Waals surface area contributed by atoms with Gasteiger partial charge in [-0.25, -0.2) is 4.39 Å². The molecule has 0 fully saturated rings. The minimum atomic E-state index is -0.430. The van der Waals surface area contributed by atoms with Gasteiger partial charge in [0.1, 0.15) is 17.3 Å². The van der Waals surface area contributed by atoms with E-state index in [0.717, 1.165) is 6.42 Å². The molecule has 102 valence electrons. The van der Waals surface area contributed by atoms with Gasteiger partial charge in [0.05, 0.1) is 10.7 Å². The molecule has 0 radical (unpaired) electrons. The maximum Gasteiger partial charge on any atom is 0.171 e. The third-order valence-corrected chi connectivity index (χ3v) is 3.48. The van der Waals surface area contributed by atoms with Crippen molar-refractivity contribution in [3.63, 3.8) is 0 Å². The molecule has 19 heavy (non-hydrogen) atoms. The molecule has 5 heteroatoms.